The molecule has 0 saturated heterocycles. The molecule has 0 bridgehead atoms. The van der Waals surface area contributed by atoms with Gasteiger partial charge in [0.15, 0.2) is 2.82 Å². The average molecular weight is 263 g/mol. The summed E-state index contributed by atoms with van der Waals surface area (Å²) < 4.78 is 15.3. The first kappa shape index (κ1) is 9.16. The third-order valence-corrected chi connectivity index (χ3v) is 2.56. The van der Waals surface area contributed by atoms with Crippen LogP contribution in [0.5, 0.6) is 0 Å². The number of guanidine groups is 1. The van der Waals surface area contributed by atoms with E-state index in [0.717, 1.165) is 24.3 Å². The Hall–Kier alpha value is -2.81. The highest BCUT2D eigenvalue weighted by atomic mass is 16.2. The molecule has 3 aliphatic rings. The highest BCUT2D eigenvalue weighted by Gasteiger charge is 2.37. The average Bonchev–Trinajstić information content (AvgIpc) is 3.03. The van der Waals surface area contributed by atoms with Gasteiger partial charge in [-0.1, -0.05) is 0 Å². The number of aliphatic imine (C=N–C) groups is 1. The number of hydrogen-bond acceptors (Lipinski definition) is 7. The fourth-order valence-corrected chi connectivity index (χ4v) is 1.71. The lowest BCUT2D eigenvalue weighted by Crippen LogP contribution is -2.50. The molecule has 9 heteroatoms. The predicted octanol–water partition coefficient (Wildman–Crippen LogP) is -2.42. The van der Waals surface area contributed by atoms with E-state index in [0.29, 0.717) is 20.6 Å². The summed E-state index contributed by atoms with van der Waals surface area (Å²) in [6.45, 7) is 0. The summed E-state index contributed by atoms with van der Waals surface area (Å²) in [7, 11) is 0. The molecule has 2 N–H and O–H groups in total. The largest absolute Gasteiger partial charge is 0.287 e. The van der Waals surface area contributed by atoms with Gasteiger partial charge in [-0.15, -0.1) is 0 Å². The Morgan fingerprint density at radius 2 is 1.53 bits per heavy atom. The molecule has 3 aliphatic heterocycles. The standard InChI is InChI=1S/C10H7N5O4/c16-5-1-2-6(17)14(5)9-11-10(13-12-9)15-7(18)3-4-8(15)19/h1-4,9,12H,(H,11,13)/i/hD2. The maximum atomic E-state index is 11.6. The van der Waals surface area contributed by atoms with E-state index < -0.39 is 35.9 Å². The van der Waals surface area contributed by atoms with Crippen molar-refractivity contribution >= 4 is 29.6 Å². The smallest absolute Gasteiger partial charge is 0.260 e. The first-order valence-corrected chi connectivity index (χ1v) is 5.18. The van der Waals surface area contributed by atoms with E-state index in [4.69, 9.17) is 2.82 Å². The zero-order valence-corrected chi connectivity index (χ0v) is 9.26. The Balaban J connectivity index is 1.94. The zero-order chi connectivity index (χ0) is 15.3. The summed E-state index contributed by atoms with van der Waals surface area (Å²) in [5, 5.41) is 0. The fraction of sp³-hybridized carbons (Fsp3) is 0.100. The van der Waals surface area contributed by atoms with Gasteiger partial charge in [-0.25, -0.2) is 14.8 Å². The first-order chi connectivity index (χ1) is 9.91. The lowest BCUT2D eigenvalue weighted by Gasteiger charge is -2.17. The summed E-state index contributed by atoms with van der Waals surface area (Å²) >= 11 is 0. The van der Waals surface area contributed by atoms with Crippen molar-refractivity contribution < 1.29 is 22.0 Å². The highest BCUT2D eigenvalue weighted by molar-refractivity contribution is 6.23. The van der Waals surface area contributed by atoms with Crippen molar-refractivity contribution in [1.29, 1.82) is 0 Å². The van der Waals surface area contributed by atoms with Crippen molar-refractivity contribution in [2.45, 2.75) is 6.29 Å². The van der Waals surface area contributed by atoms with E-state index in [-0.39, 0.29) is 0 Å². The third-order valence-electron chi connectivity index (χ3n) is 2.56. The molecular formula is C10H7N5O4. The van der Waals surface area contributed by atoms with E-state index in [1.807, 2.05) is 0 Å². The van der Waals surface area contributed by atoms with E-state index in [2.05, 4.69) is 4.99 Å². The molecule has 0 aromatic rings. The minimum atomic E-state index is -1.45. The number of nitrogens with zero attached hydrogens (tertiary/aromatic N) is 3. The molecule has 0 spiro atoms. The van der Waals surface area contributed by atoms with E-state index >= 15 is 0 Å². The molecule has 1 unspecified atom stereocenters. The number of rotatable bonds is 1. The molecule has 4 amide bonds. The van der Waals surface area contributed by atoms with Gasteiger partial charge in [0.2, 0.25) is 12.2 Å². The lowest BCUT2D eigenvalue weighted by atomic mass is 10.6. The molecule has 0 aromatic carbocycles. The number of carbonyl (C=O) groups is 4. The first-order valence-electron chi connectivity index (χ1n) is 6.07. The molecule has 1 atom stereocenters. The molecule has 19 heavy (non-hydrogen) atoms. The number of imide groups is 2. The Morgan fingerprint density at radius 3 is 2.11 bits per heavy atom. The SMILES string of the molecule is [2H]N1C(N2C(=O)C=CC2=O)=NC(N2C(=O)C=CC2=O)N1[2H]. The highest BCUT2D eigenvalue weighted by Crippen LogP contribution is 2.13. The Morgan fingerprint density at radius 1 is 1.00 bits per heavy atom. The maximum absolute atomic E-state index is 11.6. The summed E-state index contributed by atoms with van der Waals surface area (Å²) in [5.41, 5.74) is 0.753. The van der Waals surface area contributed by atoms with Crippen molar-refractivity contribution in [2.75, 3.05) is 0 Å². The van der Waals surface area contributed by atoms with Crippen LogP contribution in [0.4, 0.5) is 0 Å². The quantitative estimate of drug-likeness (QED) is 0.509. The van der Waals surface area contributed by atoms with Crippen molar-refractivity contribution in [3.8, 4) is 0 Å². The minimum absolute atomic E-state index is 0.354. The van der Waals surface area contributed by atoms with E-state index in [1.165, 1.54) is 0 Å². The van der Waals surface area contributed by atoms with Crippen LogP contribution in [0.15, 0.2) is 29.3 Å². The van der Waals surface area contributed by atoms with Crippen molar-refractivity contribution in [3.05, 3.63) is 24.3 Å². The molecule has 96 valence electrons. The predicted molar refractivity (Wildman–Crippen MR) is 59.5 cm³/mol. The van der Waals surface area contributed by atoms with Gasteiger partial charge in [-0.2, -0.15) is 5.42 Å². The number of carbonyl (C=O) groups excluding carboxylic acids is 4. The molecule has 0 aromatic heterocycles. The molecule has 9 nitrogen and oxygen atoms in total. The van der Waals surface area contributed by atoms with Crippen LogP contribution in [0.3, 0.4) is 0 Å². The second-order valence-corrected chi connectivity index (χ2v) is 3.72. The van der Waals surface area contributed by atoms with Crippen LogP contribution in [-0.2, 0) is 19.2 Å². The van der Waals surface area contributed by atoms with Gasteiger partial charge in [0, 0.05) is 24.3 Å². The van der Waals surface area contributed by atoms with Gasteiger partial charge in [-0.3, -0.25) is 24.6 Å². The van der Waals surface area contributed by atoms with E-state index in [1.54, 1.807) is 0 Å². The van der Waals surface area contributed by atoms with Crippen LogP contribution in [0, 0.1) is 0 Å². The summed E-state index contributed by atoms with van der Waals surface area (Å²) in [5.74, 6) is -3.29. The monoisotopic (exact) mass is 263 g/mol. The fourth-order valence-electron chi connectivity index (χ4n) is 1.71. The molecule has 3 rings (SSSR count). The number of hydrogen-bond donors (Lipinski definition) is 2. The molecular weight excluding hydrogens is 254 g/mol. The Labute approximate surface area is 109 Å². The van der Waals surface area contributed by atoms with Crippen molar-refractivity contribution in [3.63, 3.8) is 0 Å². The number of nitrogens with one attached hydrogen (secondary N) is 2. The normalized spacial score (nSPS) is 28.7. The second kappa shape index (κ2) is 3.85. The summed E-state index contributed by atoms with van der Waals surface area (Å²) in [6, 6.07) is 0. The van der Waals surface area contributed by atoms with Crippen molar-refractivity contribution in [1.82, 2.24) is 20.6 Å². The Bertz CT molecular complexity index is 636. The van der Waals surface area contributed by atoms with Gasteiger partial charge in [-0.05, 0) is 0 Å². The van der Waals surface area contributed by atoms with Gasteiger partial charge in [0.1, 0.15) is 0 Å². The molecule has 0 radical (unpaired) electrons. The van der Waals surface area contributed by atoms with Gasteiger partial charge in [0.25, 0.3) is 23.6 Å². The number of hydrazine groups is 1. The topological polar surface area (TPSA) is 111 Å². The summed E-state index contributed by atoms with van der Waals surface area (Å²) in [4.78, 5) is 51.3. The number of amides is 4. The third kappa shape index (κ3) is 1.64. The summed E-state index contributed by atoms with van der Waals surface area (Å²) in [6.07, 6.45) is 2.55. The zero-order valence-electron chi connectivity index (χ0n) is 11.3. The van der Waals surface area contributed by atoms with Crippen LogP contribution in [0.25, 0.3) is 0 Å². The minimum Gasteiger partial charge on any atom is -0.287 e. The van der Waals surface area contributed by atoms with Gasteiger partial charge < -0.3 is 0 Å². The van der Waals surface area contributed by atoms with Gasteiger partial charge in [0.05, 0.1) is 0 Å². The van der Waals surface area contributed by atoms with E-state index in [9.17, 15) is 19.2 Å². The van der Waals surface area contributed by atoms with Crippen LogP contribution < -0.4 is 10.8 Å². The molecule has 3 heterocycles. The van der Waals surface area contributed by atoms with Crippen LogP contribution in [0.2, 0.25) is 2.82 Å². The van der Waals surface area contributed by atoms with Gasteiger partial charge >= 0.3 is 0 Å². The molecule has 0 aliphatic carbocycles. The maximum Gasteiger partial charge on any atom is 0.260 e. The van der Waals surface area contributed by atoms with Crippen molar-refractivity contribution in [2.24, 2.45) is 4.99 Å². The van der Waals surface area contributed by atoms with Crippen LogP contribution >= 0.6 is 0 Å². The molecule has 0 fully saturated rings. The lowest BCUT2D eigenvalue weighted by molar-refractivity contribution is -0.140. The second-order valence-electron chi connectivity index (χ2n) is 3.72. The Kier molecular flexibility index (Phi) is 1.86. The van der Waals surface area contributed by atoms with Crippen LogP contribution in [0.1, 0.15) is 0 Å². The van der Waals surface area contributed by atoms with Crippen LogP contribution in [-0.4, -0.2) is 45.7 Å². The molecule has 0 saturated carbocycles.